The molecule has 0 radical (unpaired) electrons. The van der Waals surface area contributed by atoms with Crippen LogP contribution in [0.25, 0.3) is 0 Å². The number of halogens is 1. The maximum absolute atomic E-state index is 13.2. The lowest BCUT2D eigenvalue weighted by molar-refractivity contribution is 0.240. The van der Waals surface area contributed by atoms with Crippen LogP contribution in [0.4, 0.5) is 4.39 Å². The summed E-state index contributed by atoms with van der Waals surface area (Å²) in [5.74, 6) is 0.639. The van der Waals surface area contributed by atoms with Gasteiger partial charge in [-0.1, -0.05) is 19.1 Å². The minimum Gasteiger partial charge on any atom is -0.357 e. The Balaban J connectivity index is 2.42. The molecule has 2 N–H and O–H groups in total. The third-order valence-corrected chi connectivity index (χ3v) is 3.73. The van der Waals surface area contributed by atoms with Gasteiger partial charge in [0.1, 0.15) is 5.82 Å². The number of aliphatic imine (C=N–C) groups is 1. The first-order valence-corrected chi connectivity index (χ1v) is 8.57. The van der Waals surface area contributed by atoms with E-state index in [0.29, 0.717) is 6.04 Å². The quantitative estimate of drug-likeness (QED) is 0.542. The first kappa shape index (κ1) is 19.4. The van der Waals surface area contributed by atoms with Crippen molar-refractivity contribution in [3.8, 4) is 0 Å². The second-order valence-electron chi connectivity index (χ2n) is 5.79. The van der Waals surface area contributed by atoms with E-state index in [2.05, 4.69) is 48.2 Å². The predicted molar refractivity (Wildman–Crippen MR) is 96.5 cm³/mol. The molecule has 0 heterocycles. The molecule has 130 valence electrons. The zero-order valence-electron chi connectivity index (χ0n) is 14.9. The van der Waals surface area contributed by atoms with Gasteiger partial charge in [-0.3, -0.25) is 9.89 Å². The molecule has 4 nitrogen and oxygen atoms in total. The molecule has 0 saturated carbocycles. The van der Waals surface area contributed by atoms with E-state index in [9.17, 15) is 4.39 Å². The summed E-state index contributed by atoms with van der Waals surface area (Å²) in [5, 5.41) is 6.56. The summed E-state index contributed by atoms with van der Waals surface area (Å²) in [6.45, 7) is 12.9. The van der Waals surface area contributed by atoms with Gasteiger partial charge in [0.25, 0.3) is 0 Å². The number of rotatable bonds is 9. The third-order valence-electron chi connectivity index (χ3n) is 3.73. The van der Waals surface area contributed by atoms with Crippen molar-refractivity contribution in [2.75, 3.05) is 32.7 Å². The number of hydrogen-bond acceptors (Lipinski definition) is 2. The highest BCUT2D eigenvalue weighted by molar-refractivity contribution is 5.79. The van der Waals surface area contributed by atoms with Gasteiger partial charge in [0, 0.05) is 25.7 Å². The average molecular weight is 322 g/mol. The summed E-state index contributed by atoms with van der Waals surface area (Å²) in [6, 6.07) is 7.27. The first-order valence-electron chi connectivity index (χ1n) is 8.57. The van der Waals surface area contributed by atoms with Crippen LogP contribution in [0.15, 0.2) is 29.3 Å². The van der Waals surface area contributed by atoms with Gasteiger partial charge in [0.15, 0.2) is 5.96 Å². The van der Waals surface area contributed by atoms with Crippen LogP contribution in [-0.2, 0) is 6.42 Å². The van der Waals surface area contributed by atoms with Crippen LogP contribution in [0.1, 0.15) is 33.3 Å². The fourth-order valence-electron chi connectivity index (χ4n) is 2.43. The summed E-state index contributed by atoms with van der Waals surface area (Å²) in [5.41, 5.74) is 0.991. The molecule has 1 aromatic rings. The lowest BCUT2D eigenvalue weighted by Gasteiger charge is -2.23. The smallest absolute Gasteiger partial charge is 0.191 e. The summed E-state index contributed by atoms with van der Waals surface area (Å²) in [7, 11) is 0. The number of guanidine groups is 1. The Bertz CT molecular complexity index is 474. The van der Waals surface area contributed by atoms with Gasteiger partial charge in [-0.05, 0) is 51.4 Å². The van der Waals surface area contributed by atoms with Gasteiger partial charge in [-0.15, -0.1) is 0 Å². The molecule has 5 heteroatoms. The van der Waals surface area contributed by atoms with E-state index in [1.165, 1.54) is 6.07 Å². The Labute approximate surface area is 140 Å². The Morgan fingerprint density at radius 2 is 2.04 bits per heavy atom. The number of nitrogens with zero attached hydrogens (tertiary/aromatic N) is 2. The van der Waals surface area contributed by atoms with Crippen molar-refractivity contribution >= 4 is 5.96 Å². The van der Waals surface area contributed by atoms with Crippen molar-refractivity contribution in [3.63, 3.8) is 0 Å². The highest BCUT2D eigenvalue weighted by Crippen LogP contribution is 2.03. The van der Waals surface area contributed by atoms with E-state index in [4.69, 9.17) is 0 Å². The zero-order valence-corrected chi connectivity index (χ0v) is 14.9. The SMILES string of the molecule is CCNC(=NCCN(CC)C(C)C)NCCc1cccc(F)c1. The minimum absolute atomic E-state index is 0.184. The molecule has 0 aliphatic heterocycles. The number of benzene rings is 1. The first-order chi connectivity index (χ1) is 11.1. The topological polar surface area (TPSA) is 39.7 Å². The van der Waals surface area contributed by atoms with Gasteiger partial charge in [-0.25, -0.2) is 4.39 Å². The highest BCUT2D eigenvalue weighted by Gasteiger charge is 2.06. The van der Waals surface area contributed by atoms with Gasteiger partial charge < -0.3 is 10.6 Å². The molecule has 23 heavy (non-hydrogen) atoms. The summed E-state index contributed by atoms with van der Waals surface area (Å²) >= 11 is 0. The van der Waals surface area contributed by atoms with E-state index >= 15 is 0 Å². The fraction of sp³-hybridized carbons (Fsp3) is 0.611. The number of nitrogens with one attached hydrogen (secondary N) is 2. The van der Waals surface area contributed by atoms with Crippen LogP contribution < -0.4 is 10.6 Å². The van der Waals surface area contributed by atoms with E-state index in [0.717, 1.165) is 50.7 Å². The van der Waals surface area contributed by atoms with Crippen LogP contribution >= 0.6 is 0 Å². The molecular weight excluding hydrogens is 291 g/mol. The molecule has 0 fully saturated rings. The van der Waals surface area contributed by atoms with Crippen molar-refractivity contribution in [1.29, 1.82) is 0 Å². The van der Waals surface area contributed by atoms with Crippen molar-refractivity contribution < 1.29 is 4.39 Å². The summed E-state index contributed by atoms with van der Waals surface area (Å²) in [6.07, 6.45) is 0.773. The van der Waals surface area contributed by atoms with E-state index in [1.807, 2.05) is 6.07 Å². The zero-order chi connectivity index (χ0) is 17.1. The molecule has 0 aromatic heterocycles. The number of likely N-dealkylation sites (N-methyl/N-ethyl adjacent to an activating group) is 1. The van der Waals surface area contributed by atoms with Crippen LogP contribution in [0.5, 0.6) is 0 Å². The van der Waals surface area contributed by atoms with E-state index in [1.54, 1.807) is 12.1 Å². The molecule has 0 unspecified atom stereocenters. The second kappa shape index (κ2) is 11.0. The molecule has 0 atom stereocenters. The standard InChI is InChI=1S/C18H31FN4/c1-5-20-18(22-12-13-23(6-2)15(3)4)21-11-10-16-8-7-9-17(19)14-16/h7-9,14-15H,5-6,10-13H2,1-4H3,(H2,20,21,22). The van der Waals surface area contributed by atoms with Gasteiger partial charge >= 0.3 is 0 Å². The van der Waals surface area contributed by atoms with Gasteiger partial charge in [0.2, 0.25) is 0 Å². The Morgan fingerprint density at radius 1 is 1.26 bits per heavy atom. The van der Waals surface area contributed by atoms with Crippen molar-refractivity contribution in [2.45, 2.75) is 40.2 Å². The molecule has 0 amide bonds. The van der Waals surface area contributed by atoms with Gasteiger partial charge in [0.05, 0.1) is 6.54 Å². The van der Waals surface area contributed by atoms with E-state index < -0.39 is 0 Å². The van der Waals surface area contributed by atoms with E-state index in [-0.39, 0.29) is 5.82 Å². The van der Waals surface area contributed by atoms with Gasteiger partial charge in [-0.2, -0.15) is 0 Å². The molecule has 0 saturated heterocycles. The average Bonchev–Trinajstić information content (AvgIpc) is 2.51. The lowest BCUT2D eigenvalue weighted by Crippen LogP contribution is -2.39. The van der Waals surface area contributed by atoms with Crippen molar-refractivity contribution in [2.24, 2.45) is 4.99 Å². The van der Waals surface area contributed by atoms with Crippen LogP contribution in [0.3, 0.4) is 0 Å². The molecule has 1 aromatic carbocycles. The minimum atomic E-state index is -0.184. The molecule has 0 aliphatic carbocycles. The Hall–Kier alpha value is -1.62. The Morgan fingerprint density at radius 3 is 2.65 bits per heavy atom. The molecule has 1 rings (SSSR count). The predicted octanol–water partition coefficient (Wildman–Crippen LogP) is 2.65. The van der Waals surface area contributed by atoms with Crippen molar-refractivity contribution in [3.05, 3.63) is 35.6 Å². The monoisotopic (exact) mass is 322 g/mol. The Kier molecular flexibility index (Phi) is 9.29. The highest BCUT2D eigenvalue weighted by atomic mass is 19.1. The molecule has 0 spiro atoms. The summed E-state index contributed by atoms with van der Waals surface area (Å²) < 4.78 is 13.2. The molecular formula is C18H31FN4. The van der Waals surface area contributed by atoms with Crippen LogP contribution in [0, 0.1) is 5.82 Å². The summed E-state index contributed by atoms with van der Waals surface area (Å²) in [4.78, 5) is 7.00. The lowest BCUT2D eigenvalue weighted by atomic mass is 10.1. The number of hydrogen-bond donors (Lipinski definition) is 2. The normalized spacial score (nSPS) is 12.0. The largest absolute Gasteiger partial charge is 0.357 e. The maximum Gasteiger partial charge on any atom is 0.191 e. The maximum atomic E-state index is 13.2. The molecule has 0 aliphatic rings. The molecule has 0 bridgehead atoms. The fourth-order valence-corrected chi connectivity index (χ4v) is 2.43. The van der Waals surface area contributed by atoms with Crippen molar-refractivity contribution in [1.82, 2.24) is 15.5 Å². The van der Waals surface area contributed by atoms with Crippen LogP contribution in [-0.4, -0.2) is 49.6 Å². The third kappa shape index (κ3) is 7.98. The second-order valence-corrected chi connectivity index (χ2v) is 5.79. The van der Waals surface area contributed by atoms with Crippen LogP contribution in [0.2, 0.25) is 0 Å².